The molecule has 0 radical (unpaired) electrons. The van der Waals surface area contributed by atoms with Crippen molar-refractivity contribution in [2.24, 2.45) is 5.92 Å². The van der Waals surface area contributed by atoms with Gasteiger partial charge in [-0.1, -0.05) is 19.9 Å². The van der Waals surface area contributed by atoms with Gasteiger partial charge >= 0.3 is 0 Å². The Labute approximate surface area is 84.9 Å². The van der Waals surface area contributed by atoms with Gasteiger partial charge in [0, 0.05) is 6.07 Å². The molecule has 1 aromatic carbocycles. The standard InChI is InChI=1S/C12H17FO/c1-9(2)4-5-10-6-7-11(14-3)8-12(10)13/h6-9H,4-5H2,1-3H3. The van der Waals surface area contributed by atoms with Crippen LogP contribution in [0.2, 0.25) is 0 Å². The predicted molar refractivity (Wildman–Crippen MR) is 56.1 cm³/mol. The van der Waals surface area contributed by atoms with Gasteiger partial charge in [0.2, 0.25) is 0 Å². The fourth-order valence-electron chi connectivity index (χ4n) is 1.30. The van der Waals surface area contributed by atoms with Crippen molar-refractivity contribution in [1.29, 1.82) is 0 Å². The molecule has 0 N–H and O–H groups in total. The highest BCUT2D eigenvalue weighted by molar-refractivity contribution is 5.28. The topological polar surface area (TPSA) is 9.23 Å². The minimum atomic E-state index is -0.162. The molecule has 0 saturated carbocycles. The fraction of sp³-hybridized carbons (Fsp3) is 0.500. The van der Waals surface area contributed by atoms with Crippen LogP contribution in [0.3, 0.4) is 0 Å². The number of ether oxygens (including phenoxy) is 1. The number of aryl methyl sites for hydroxylation is 1. The van der Waals surface area contributed by atoms with Gasteiger partial charge in [-0.3, -0.25) is 0 Å². The molecule has 0 aliphatic carbocycles. The summed E-state index contributed by atoms with van der Waals surface area (Å²) in [5.74, 6) is 1.03. The van der Waals surface area contributed by atoms with Crippen LogP contribution in [-0.2, 0) is 6.42 Å². The van der Waals surface area contributed by atoms with Crippen LogP contribution in [0, 0.1) is 11.7 Å². The van der Waals surface area contributed by atoms with Gasteiger partial charge in [-0.15, -0.1) is 0 Å². The zero-order chi connectivity index (χ0) is 10.6. The van der Waals surface area contributed by atoms with Crippen LogP contribution >= 0.6 is 0 Å². The third-order valence-electron chi connectivity index (χ3n) is 2.25. The Morgan fingerprint density at radius 3 is 2.57 bits per heavy atom. The second kappa shape index (κ2) is 4.99. The Morgan fingerprint density at radius 1 is 1.36 bits per heavy atom. The predicted octanol–water partition coefficient (Wildman–Crippen LogP) is 3.42. The molecule has 1 rings (SSSR count). The lowest BCUT2D eigenvalue weighted by Crippen LogP contribution is -1.96. The van der Waals surface area contributed by atoms with Crippen molar-refractivity contribution in [2.45, 2.75) is 26.7 Å². The van der Waals surface area contributed by atoms with E-state index in [-0.39, 0.29) is 5.82 Å². The number of hydrogen-bond donors (Lipinski definition) is 0. The monoisotopic (exact) mass is 196 g/mol. The smallest absolute Gasteiger partial charge is 0.130 e. The summed E-state index contributed by atoms with van der Waals surface area (Å²) in [6.07, 6.45) is 1.82. The van der Waals surface area contributed by atoms with Crippen molar-refractivity contribution in [2.75, 3.05) is 7.11 Å². The van der Waals surface area contributed by atoms with Crippen LogP contribution in [-0.4, -0.2) is 7.11 Å². The zero-order valence-electron chi connectivity index (χ0n) is 9.01. The van der Waals surface area contributed by atoms with Gasteiger partial charge in [0.15, 0.2) is 0 Å². The van der Waals surface area contributed by atoms with Crippen LogP contribution in [0.5, 0.6) is 5.75 Å². The van der Waals surface area contributed by atoms with Crippen LogP contribution in [0.1, 0.15) is 25.8 Å². The molecule has 0 bridgehead atoms. The van der Waals surface area contributed by atoms with Crippen LogP contribution in [0.25, 0.3) is 0 Å². The number of benzene rings is 1. The van der Waals surface area contributed by atoms with E-state index >= 15 is 0 Å². The molecule has 0 unspecified atom stereocenters. The second-order valence-electron chi connectivity index (χ2n) is 3.89. The van der Waals surface area contributed by atoms with E-state index < -0.39 is 0 Å². The van der Waals surface area contributed by atoms with E-state index in [0.717, 1.165) is 18.4 Å². The molecule has 0 atom stereocenters. The Balaban J connectivity index is 2.69. The van der Waals surface area contributed by atoms with Gasteiger partial charge in [0.05, 0.1) is 7.11 Å². The first kappa shape index (κ1) is 11.0. The Morgan fingerprint density at radius 2 is 2.07 bits per heavy atom. The molecular formula is C12H17FO. The van der Waals surface area contributed by atoms with E-state index in [0.29, 0.717) is 11.7 Å². The van der Waals surface area contributed by atoms with Crippen molar-refractivity contribution in [1.82, 2.24) is 0 Å². The third kappa shape index (κ3) is 3.02. The minimum Gasteiger partial charge on any atom is -0.497 e. The largest absolute Gasteiger partial charge is 0.497 e. The number of rotatable bonds is 4. The summed E-state index contributed by atoms with van der Waals surface area (Å²) in [7, 11) is 1.54. The average Bonchev–Trinajstić information content (AvgIpc) is 2.15. The summed E-state index contributed by atoms with van der Waals surface area (Å²) >= 11 is 0. The third-order valence-corrected chi connectivity index (χ3v) is 2.25. The lowest BCUT2D eigenvalue weighted by molar-refractivity contribution is 0.410. The van der Waals surface area contributed by atoms with E-state index in [4.69, 9.17) is 4.74 Å². The number of hydrogen-bond acceptors (Lipinski definition) is 1. The summed E-state index contributed by atoms with van der Waals surface area (Å²) in [6, 6.07) is 5.05. The molecule has 0 spiro atoms. The molecule has 1 aromatic rings. The average molecular weight is 196 g/mol. The van der Waals surface area contributed by atoms with Crippen molar-refractivity contribution >= 4 is 0 Å². The molecule has 0 fully saturated rings. The summed E-state index contributed by atoms with van der Waals surface area (Å²) in [4.78, 5) is 0. The van der Waals surface area contributed by atoms with E-state index in [1.165, 1.54) is 6.07 Å². The van der Waals surface area contributed by atoms with Gasteiger partial charge in [0.25, 0.3) is 0 Å². The van der Waals surface area contributed by atoms with E-state index in [1.54, 1.807) is 19.2 Å². The second-order valence-corrected chi connectivity index (χ2v) is 3.89. The van der Waals surface area contributed by atoms with Crippen LogP contribution in [0.15, 0.2) is 18.2 Å². The van der Waals surface area contributed by atoms with Gasteiger partial charge < -0.3 is 4.74 Å². The molecule has 0 aromatic heterocycles. The maximum Gasteiger partial charge on any atom is 0.130 e. The lowest BCUT2D eigenvalue weighted by atomic mass is 10.0. The molecule has 0 saturated heterocycles. The first-order chi connectivity index (χ1) is 6.63. The van der Waals surface area contributed by atoms with Crippen molar-refractivity contribution < 1.29 is 9.13 Å². The molecule has 0 amide bonds. The summed E-state index contributed by atoms with van der Waals surface area (Å²) in [6.45, 7) is 4.28. The SMILES string of the molecule is COc1ccc(CCC(C)C)c(F)c1. The summed E-state index contributed by atoms with van der Waals surface area (Å²) in [5.41, 5.74) is 0.777. The number of methoxy groups -OCH3 is 1. The molecule has 0 heterocycles. The van der Waals surface area contributed by atoms with E-state index in [1.807, 2.05) is 0 Å². The molecule has 2 heteroatoms. The van der Waals surface area contributed by atoms with Gasteiger partial charge in [0.1, 0.15) is 11.6 Å². The normalized spacial score (nSPS) is 10.6. The first-order valence-corrected chi connectivity index (χ1v) is 4.96. The molecule has 0 aliphatic heterocycles. The van der Waals surface area contributed by atoms with Gasteiger partial charge in [-0.05, 0) is 30.4 Å². The highest BCUT2D eigenvalue weighted by Gasteiger charge is 2.04. The maximum atomic E-state index is 13.4. The lowest BCUT2D eigenvalue weighted by Gasteiger charge is -2.07. The van der Waals surface area contributed by atoms with E-state index in [2.05, 4.69) is 13.8 Å². The molecular weight excluding hydrogens is 179 g/mol. The Hall–Kier alpha value is -1.05. The van der Waals surface area contributed by atoms with E-state index in [9.17, 15) is 4.39 Å². The van der Waals surface area contributed by atoms with Crippen LogP contribution in [0.4, 0.5) is 4.39 Å². The van der Waals surface area contributed by atoms with Crippen molar-refractivity contribution in [3.05, 3.63) is 29.6 Å². The quantitative estimate of drug-likeness (QED) is 0.717. The molecule has 1 nitrogen and oxygen atoms in total. The maximum absolute atomic E-state index is 13.4. The van der Waals surface area contributed by atoms with Crippen molar-refractivity contribution in [3.8, 4) is 5.75 Å². The van der Waals surface area contributed by atoms with Crippen LogP contribution < -0.4 is 4.74 Å². The molecule has 0 aliphatic rings. The summed E-state index contributed by atoms with van der Waals surface area (Å²) in [5, 5.41) is 0. The molecule has 78 valence electrons. The van der Waals surface area contributed by atoms with Gasteiger partial charge in [-0.25, -0.2) is 4.39 Å². The molecule has 14 heavy (non-hydrogen) atoms. The highest BCUT2D eigenvalue weighted by atomic mass is 19.1. The summed E-state index contributed by atoms with van der Waals surface area (Å²) < 4.78 is 18.3. The van der Waals surface area contributed by atoms with Crippen molar-refractivity contribution in [3.63, 3.8) is 0 Å². The Kier molecular flexibility index (Phi) is 3.93. The zero-order valence-corrected chi connectivity index (χ0v) is 9.01. The highest BCUT2D eigenvalue weighted by Crippen LogP contribution is 2.18. The van der Waals surface area contributed by atoms with Gasteiger partial charge in [-0.2, -0.15) is 0 Å². The number of halogens is 1. The minimum absolute atomic E-state index is 0.162. The Bertz CT molecular complexity index is 294. The fourth-order valence-corrected chi connectivity index (χ4v) is 1.30. The first-order valence-electron chi connectivity index (χ1n) is 4.96.